The summed E-state index contributed by atoms with van der Waals surface area (Å²) in [7, 11) is 0. The van der Waals surface area contributed by atoms with E-state index >= 15 is 0 Å². The molecule has 3 unspecified atom stereocenters. The molecule has 2 rings (SSSR count). The number of nitro benzene ring substituents is 1. The van der Waals surface area contributed by atoms with E-state index in [2.05, 4.69) is 17.6 Å². The van der Waals surface area contributed by atoms with Gasteiger partial charge in [0, 0.05) is 48.3 Å². The molecule has 3 N–H and O–H groups in total. The van der Waals surface area contributed by atoms with Gasteiger partial charge in [-0.05, 0) is 25.8 Å². The van der Waals surface area contributed by atoms with Crippen LogP contribution in [-0.4, -0.2) is 34.6 Å². The third kappa shape index (κ3) is 4.52. The lowest BCUT2D eigenvalue weighted by Crippen LogP contribution is -2.46. The molecule has 0 aliphatic heterocycles. The van der Waals surface area contributed by atoms with Crippen molar-refractivity contribution in [3.05, 3.63) is 34.4 Å². The van der Waals surface area contributed by atoms with Crippen LogP contribution in [0.1, 0.15) is 39.5 Å². The number of hydrogen-bond acceptors (Lipinski definition) is 5. The Morgan fingerprint density at radius 3 is 2.96 bits per heavy atom. The van der Waals surface area contributed by atoms with Crippen molar-refractivity contribution in [2.24, 2.45) is 5.41 Å². The normalized spacial score (nSPS) is 24.5. The lowest BCUT2D eigenvalue weighted by Gasteiger charge is -2.32. The Morgan fingerprint density at radius 2 is 2.29 bits per heavy atom. The molecule has 1 aliphatic rings. The highest BCUT2D eigenvalue weighted by molar-refractivity contribution is 5.91. The van der Waals surface area contributed by atoms with Crippen molar-refractivity contribution in [3.8, 4) is 0 Å². The molecule has 1 fully saturated rings. The van der Waals surface area contributed by atoms with E-state index in [0.717, 1.165) is 19.3 Å². The molecule has 0 bridgehead atoms. The Morgan fingerprint density at radius 1 is 1.54 bits per heavy atom. The van der Waals surface area contributed by atoms with Gasteiger partial charge in [-0.25, -0.2) is 0 Å². The number of nitro groups is 1. The molecule has 1 aromatic rings. The first-order valence-electron chi connectivity index (χ1n) is 8.25. The number of amides is 1. The van der Waals surface area contributed by atoms with Crippen LogP contribution in [0.15, 0.2) is 24.3 Å². The van der Waals surface area contributed by atoms with E-state index in [1.54, 1.807) is 12.1 Å². The van der Waals surface area contributed by atoms with Gasteiger partial charge < -0.3 is 15.7 Å². The monoisotopic (exact) mass is 335 g/mol. The van der Waals surface area contributed by atoms with Crippen molar-refractivity contribution in [1.29, 1.82) is 0 Å². The molecule has 7 nitrogen and oxygen atoms in total. The van der Waals surface area contributed by atoms with Crippen molar-refractivity contribution in [1.82, 2.24) is 5.32 Å². The molecule has 24 heavy (non-hydrogen) atoms. The molecule has 1 aliphatic carbocycles. The number of non-ortho nitro benzene ring substituents is 1. The standard InChI is InChI=1S/C17H25N3O4/c1-12(18-15-7-4-8-17(15,2)11-21)9-16(22)19-13-5-3-6-14(10-13)20(23)24/h3,5-6,10,12,15,18,21H,4,7-9,11H2,1-2H3,(H,19,22). The zero-order valence-electron chi connectivity index (χ0n) is 14.1. The van der Waals surface area contributed by atoms with Gasteiger partial charge in [0.2, 0.25) is 5.91 Å². The predicted octanol–water partition coefficient (Wildman–Crippen LogP) is 2.45. The van der Waals surface area contributed by atoms with Crippen LogP contribution >= 0.6 is 0 Å². The lowest BCUT2D eigenvalue weighted by molar-refractivity contribution is -0.384. The maximum Gasteiger partial charge on any atom is 0.271 e. The fraction of sp³-hybridized carbons (Fsp3) is 0.588. The first kappa shape index (κ1) is 18.4. The van der Waals surface area contributed by atoms with E-state index in [0.29, 0.717) is 5.69 Å². The second-order valence-corrected chi connectivity index (χ2v) is 6.88. The zero-order valence-corrected chi connectivity index (χ0v) is 14.1. The van der Waals surface area contributed by atoms with Crippen LogP contribution in [0.4, 0.5) is 11.4 Å². The van der Waals surface area contributed by atoms with Crippen LogP contribution in [0.3, 0.4) is 0 Å². The number of hydrogen-bond donors (Lipinski definition) is 3. The van der Waals surface area contributed by atoms with Crippen molar-refractivity contribution < 1.29 is 14.8 Å². The highest BCUT2D eigenvalue weighted by atomic mass is 16.6. The molecule has 1 amide bonds. The Balaban J connectivity index is 1.88. The van der Waals surface area contributed by atoms with Crippen molar-refractivity contribution >= 4 is 17.3 Å². The molecular formula is C17H25N3O4. The number of carbonyl (C=O) groups is 1. The highest BCUT2D eigenvalue weighted by Crippen LogP contribution is 2.37. The van der Waals surface area contributed by atoms with Gasteiger partial charge in [0.05, 0.1) is 4.92 Å². The topological polar surface area (TPSA) is 104 Å². The Labute approximate surface area is 141 Å². The number of rotatable bonds is 7. The molecule has 0 spiro atoms. The minimum Gasteiger partial charge on any atom is -0.396 e. The summed E-state index contributed by atoms with van der Waals surface area (Å²) in [6.45, 7) is 4.13. The Kier molecular flexibility index (Phi) is 5.90. The van der Waals surface area contributed by atoms with E-state index in [4.69, 9.17) is 0 Å². The zero-order chi connectivity index (χ0) is 17.7. The van der Waals surface area contributed by atoms with E-state index in [1.165, 1.54) is 12.1 Å². The SMILES string of the molecule is CC(CC(=O)Nc1cccc([N+](=O)[O-])c1)NC1CCCC1(C)CO. The molecule has 1 aromatic carbocycles. The van der Waals surface area contributed by atoms with E-state index in [-0.39, 0.29) is 42.1 Å². The summed E-state index contributed by atoms with van der Waals surface area (Å²) >= 11 is 0. The third-order valence-corrected chi connectivity index (χ3v) is 4.76. The van der Waals surface area contributed by atoms with Gasteiger partial charge in [0.15, 0.2) is 0 Å². The average molecular weight is 335 g/mol. The summed E-state index contributed by atoms with van der Waals surface area (Å²) in [5.74, 6) is -0.195. The van der Waals surface area contributed by atoms with Crippen LogP contribution in [0.25, 0.3) is 0 Å². The minimum absolute atomic E-state index is 0.0438. The van der Waals surface area contributed by atoms with Gasteiger partial charge in [-0.15, -0.1) is 0 Å². The van der Waals surface area contributed by atoms with E-state index in [9.17, 15) is 20.0 Å². The molecule has 132 valence electrons. The molecule has 7 heteroatoms. The van der Waals surface area contributed by atoms with Crippen LogP contribution in [0.5, 0.6) is 0 Å². The fourth-order valence-corrected chi connectivity index (χ4v) is 3.30. The van der Waals surface area contributed by atoms with Crippen molar-refractivity contribution in [2.45, 2.75) is 51.6 Å². The van der Waals surface area contributed by atoms with Gasteiger partial charge in [0.25, 0.3) is 5.69 Å². The maximum absolute atomic E-state index is 12.1. The second-order valence-electron chi connectivity index (χ2n) is 6.88. The quantitative estimate of drug-likeness (QED) is 0.524. The summed E-state index contributed by atoms with van der Waals surface area (Å²) < 4.78 is 0. The third-order valence-electron chi connectivity index (χ3n) is 4.76. The molecule has 3 atom stereocenters. The predicted molar refractivity (Wildman–Crippen MR) is 91.8 cm³/mol. The van der Waals surface area contributed by atoms with Crippen molar-refractivity contribution in [3.63, 3.8) is 0 Å². The molecular weight excluding hydrogens is 310 g/mol. The summed E-state index contributed by atoms with van der Waals surface area (Å²) in [4.78, 5) is 22.4. The van der Waals surface area contributed by atoms with Gasteiger partial charge >= 0.3 is 0 Å². The second kappa shape index (κ2) is 7.72. The van der Waals surface area contributed by atoms with Crippen molar-refractivity contribution in [2.75, 3.05) is 11.9 Å². The number of nitrogens with one attached hydrogen (secondary N) is 2. The summed E-state index contributed by atoms with van der Waals surface area (Å²) in [6.07, 6.45) is 3.31. The average Bonchev–Trinajstić information content (AvgIpc) is 2.88. The molecule has 0 aromatic heterocycles. The smallest absolute Gasteiger partial charge is 0.271 e. The number of benzene rings is 1. The highest BCUT2D eigenvalue weighted by Gasteiger charge is 2.38. The number of aliphatic hydroxyl groups is 1. The fourth-order valence-electron chi connectivity index (χ4n) is 3.30. The minimum atomic E-state index is -0.490. The number of anilines is 1. The number of nitrogens with zero attached hydrogens (tertiary/aromatic N) is 1. The van der Waals surface area contributed by atoms with Crippen LogP contribution < -0.4 is 10.6 Å². The van der Waals surface area contributed by atoms with Gasteiger partial charge in [-0.2, -0.15) is 0 Å². The Hall–Kier alpha value is -1.99. The molecule has 1 saturated carbocycles. The van der Waals surface area contributed by atoms with Gasteiger partial charge in [-0.3, -0.25) is 14.9 Å². The summed E-state index contributed by atoms with van der Waals surface area (Å²) in [5, 5.41) is 26.5. The van der Waals surface area contributed by atoms with Crippen LogP contribution in [0.2, 0.25) is 0 Å². The molecule has 0 heterocycles. The number of carbonyl (C=O) groups excluding carboxylic acids is 1. The maximum atomic E-state index is 12.1. The van der Waals surface area contributed by atoms with E-state index < -0.39 is 4.92 Å². The van der Waals surface area contributed by atoms with Gasteiger partial charge in [-0.1, -0.05) is 19.4 Å². The molecule has 0 radical (unpaired) electrons. The summed E-state index contributed by atoms with van der Waals surface area (Å²) in [6, 6.07) is 6.05. The van der Waals surface area contributed by atoms with E-state index in [1.807, 2.05) is 6.92 Å². The lowest BCUT2D eigenvalue weighted by atomic mass is 9.85. The number of aliphatic hydroxyl groups excluding tert-OH is 1. The summed E-state index contributed by atoms with van der Waals surface area (Å²) in [5.41, 5.74) is 0.233. The van der Waals surface area contributed by atoms with Gasteiger partial charge in [0.1, 0.15) is 0 Å². The molecule has 0 saturated heterocycles. The van der Waals surface area contributed by atoms with Crippen LogP contribution in [0, 0.1) is 15.5 Å². The first-order valence-corrected chi connectivity index (χ1v) is 8.25. The van der Waals surface area contributed by atoms with Crippen LogP contribution in [-0.2, 0) is 4.79 Å². The first-order chi connectivity index (χ1) is 11.3. The Bertz CT molecular complexity index is 607. The largest absolute Gasteiger partial charge is 0.396 e.